The van der Waals surface area contributed by atoms with E-state index in [-0.39, 0.29) is 11.5 Å². The second kappa shape index (κ2) is 7.45. The van der Waals surface area contributed by atoms with Crippen LogP contribution in [0.3, 0.4) is 0 Å². The van der Waals surface area contributed by atoms with Crippen molar-refractivity contribution < 1.29 is 19.4 Å². The molecule has 0 unspecified atom stereocenters. The zero-order valence-corrected chi connectivity index (χ0v) is 15.0. The molecule has 132 valence electrons. The fourth-order valence-corrected chi connectivity index (χ4v) is 3.34. The van der Waals surface area contributed by atoms with Crippen molar-refractivity contribution in [3.05, 3.63) is 64.6 Å². The van der Waals surface area contributed by atoms with E-state index in [4.69, 9.17) is 9.84 Å². The van der Waals surface area contributed by atoms with E-state index in [1.54, 1.807) is 32.4 Å². The first-order valence-corrected chi connectivity index (χ1v) is 8.53. The summed E-state index contributed by atoms with van der Waals surface area (Å²) in [5, 5.41) is 9.57. The maximum atomic E-state index is 12.5. The normalized spacial score (nSPS) is 17.2. The van der Waals surface area contributed by atoms with Crippen LogP contribution in [-0.4, -0.2) is 41.2 Å². The summed E-state index contributed by atoms with van der Waals surface area (Å²) in [6.07, 6.45) is 1.78. The Morgan fingerprint density at radius 2 is 2.00 bits per heavy atom. The third kappa shape index (κ3) is 3.78. The van der Waals surface area contributed by atoms with Gasteiger partial charge in [-0.1, -0.05) is 18.2 Å². The third-order valence-electron chi connectivity index (χ3n) is 3.71. The highest BCUT2D eigenvalue weighted by Gasteiger charge is 2.30. The van der Waals surface area contributed by atoms with Gasteiger partial charge in [-0.05, 0) is 53.7 Å². The molecule has 1 heterocycles. The van der Waals surface area contributed by atoms with Crippen molar-refractivity contribution in [2.45, 2.75) is 0 Å². The molecule has 6 nitrogen and oxygen atoms in total. The van der Waals surface area contributed by atoms with Crippen LogP contribution in [0.25, 0.3) is 6.08 Å². The topological polar surface area (TPSA) is 79.2 Å². The van der Waals surface area contributed by atoms with Gasteiger partial charge in [-0.2, -0.15) is 0 Å². The molecule has 26 heavy (non-hydrogen) atoms. The number of benzene rings is 2. The summed E-state index contributed by atoms with van der Waals surface area (Å²) in [7, 11) is 3.23. The molecule has 1 amide bonds. The lowest BCUT2D eigenvalue weighted by Gasteiger charge is -2.07. The summed E-state index contributed by atoms with van der Waals surface area (Å²) in [4.78, 5) is 29.9. The average Bonchev–Trinajstić information content (AvgIpc) is 2.90. The van der Waals surface area contributed by atoms with Gasteiger partial charge in [0.05, 0.1) is 23.3 Å². The van der Waals surface area contributed by atoms with E-state index in [2.05, 4.69) is 4.99 Å². The molecule has 1 N–H and O–H groups in total. The van der Waals surface area contributed by atoms with Crippen molar-refractivity contribution in [1.29, 1.82) is 0 Å². The molecule has 0 radical (unpaired) electrons. The molecule has 0 aliphatic carbocycles. The van der Waals surface area contributed by atoms with E-state index >= 15 is 0 Å². The van der Waals surface area contributed by atoms with Crippen molar-refractivity contribution in [2.24, 2.45) is 4.99 Å². The standard InChI is InChI=1S/C19H16N2O4S/c1-21-17(22)16(10-12-5-3-8-15(9-12)25-2)26-19(21)20-14-7-4-6-13(11-14)18(23)24/h3-11H,1-2H3,(H,23,24)/b16-10+,20-19?. The predicted octanol–water partition coefficient (Wildman–Crippen LogP) is 3.63. The summed E-state index contributed by atoms with van der Waals surface area (Å²) in [5.41, 5.74) is 1.48. The minimum absolute atomic E-state index is 0.149. The highest BCUT2D eigenvalue weighted by Crippen LogP contribution is 2.33. The Kier molecular flexibility index (Phi) is 5.09. The van der Waals surface area contributed by atoms with Crippen LogP contribution in [0, 0.1) is 0 Å². The number of aromatic carboxylic acids is 1. The first kappa shape index (κ1) is 17.8. The Morgan fingerprint density at radius 1 is 1.23 bits per heavy atom. The number of amides is 1. The van der Waals surface area contributed by atoms with Crippen LogP contribution >= 0.6 is 11.8 Å². The quantitative estimate of drug-likeness (QED) is 0.834. The van der Waals surface area contributed by atoms with Crippen molar-refractivity contribution in [3.8, 4) is 5.75 Å². The van der Waals surface area contributed by atoms with Gasteiger partial charge in [0.2, 0.25) is 0 Å². The zero-order chi connectivity index (χ0) is 18.7. The predicted molar refractivity (Wildman–Crippen MR) is 102 cm³/mol. The van der Waals surface area contributed by atoms with Crippen LogP contribution in [-0.2, 0) is 4.79 Å². The fourth-order valence-electron chi connectivity index (χ4n) is 2.35. The molecule has 2 aromatic rings. The Bertz CT molecular complexity index is 937. The molecule has 1 aliphatic heterocycles. The van der Waals surface area contributed by atoms with Gasteiger partial charge < -0.3 is 9.84 Å². The number of thioether (sulfide) groups is 1. The number of carbonyl (C=O) groups excluding carboxylic acids is 1. The number of nitrogens with zero attached hydrogens (tertiary/aromatic N) is 2. The lowest BCUT2D eigenvalue weighted by Crippen LogP contribution is -2.23. The highest BCUT2D eigenvalue weighted by atomic mass is 32.2. The number of hydrogen-bond acceptors (Lipinski definition) is 5. The van der Waals surface area contributed by atoms with Crippen LogP contribution in [0.4, 0.5) is 5.69 Å². The van der Waals surface area contributed by atoms with Gasteiger partial charge in [-0.25, -0.2) is 9.79 Å². The van der Waals surface area contributed by atoms with Gasteiger partial charge >= 0.3 is 5.97 Å². The monoisotopic (exact) mass is 368 g/mol. The maximum Gasteiger partial charge on any atom is 0.335 e. The number of likely N-dealkylation sites (N-methyl/N-ethyl adjacent to an activating group) is 1. The lowest BCUT2D eigenvalue weighted by atomic mass is 10.2. The number of hydrogen-bond donors (Lipinski definition) is 1. The maximum absolute atomic E-state index is 12.5. The Hall–Kier alpha value is -3.06. The summed E-state index contributed by atoms with van der Waals surface area (Å²) in [6.45, 7) is 0. The van der Waals surface area contributed by atoms with Crippen molar-refractivity contribution in [2.75, 3.05) is 14.2 Å². The Labute approximate surface area is 154 Å². The van der Waals surface area contributed by atoms with Crippen molar-refractivity contribution in [3.63, 3.8) is 0 Å². The van der Waals surface area contributed by atoms with Crippen LogP contribution in [0.1, 0.15) is 15.9 Å². The summed E-state index contributed by atoms with van der Waals surface area (Å²) >= 11 is 1.24. The molecule has 1 fully saturated rings. The van der Waals surface area contributed by atoms with Gasteiger partial charge in [0.15, 0.2) is 5.17 Å². The number of methoxy groups -OCH3 is 1. The average molecular weight is 368 g/mol. The van der Waals surface area contributed by atoms with Gasteiger partial charge in [-0.3, -0.25) is 9.69 Å². The molecular weight excluding hydrogens is 352 g/mol. The van der Waals surface area contributed by atoms with E-state index in [1.807, 2.05) is 24.3 Å². The summed E-state index contributed by atoms with van der Waals surface area (Å²) in [6, 6.07) is 13.7. The van der Waals surface area contributed by atoms with Crippen molar-refractivity contribution >= 4 is 40.6 Å². The smallest absolute Gasteiger partial charge is 0.335 e. The number of rotatable bonds is 4. The molecule has 3 rings (SSSR count). The first-order valence-electron chi connectivity index (χ1n) is 7.71. The van der Waals surface area contributed by atoms with Crippen molar-refractivity contribution in [1.82, 2.24) is 4.90 Å². The van der Waals surface area contributed by atoms with Gasteiger partial charge in [0.1, 0.15) is 5.75 Å². The molecule has 0 atom stereocenters. The molecular formula is C19H16N2O4S. The Balaban J connectivity index is 1.90. The minimum atomic E-state index is -1.02. The molecule has 1 saturated heterocycles. The van der Waals surface area contributed by atoms with Crippen LogP contribution in [0.5, 0.6) is 5.75 Å². The Morgan fingerprint density at radius 3 is 2.73 bits per heavy atom. The molecule has 2 aromatic carbocycles. The van der Waals surface area contributed by atoms with E-state index in [1.165, 1.54) is 28.8 Å². The van der Waals surface area contributed by atoms with E-state index in [0.717, 1.165) is 5.56 Å². The lowest BCUT2D eigenvalue weighted by molar-refractivity contribution is -0.121. The number of carbonyl (C=O) groups is 2. The molecule has 7 heteroatoms. The van der Waals surface area contributed by atoms with Crippen LogP contribution in [0.2, 0.25) is 0 Å². The molecule has 1 aliphatic rings. The van der Waals surface area contributed by atoms with Crippen LogP contribution in [0.15, 0.2) is 58.4 Å². The number of aliphatic imine (C=N–C) groups is 1. The SMILES string of the molecule is COc1cccc(/C=C2/SC(=Nc3cccc(C(=O)O)c3)N(C)C2=O)c1. The molecule has 0 spiro atoms. The summed E-state index contributed by atoms with van der Waals surface area (Å²) in [5.74, 6) is -0.470. The molecule has 0 saturated carbocycles. The van der Waals surface area contributed by atoms with E-state index in [9.17, 15) is 9.59 Å². The first-order chi connectivity index (χ1) is 12.5. The second-order valence-electron chi connectivity index (χ2n) is 5.50. The van der Waals surface area contributed by atoms with Gasteiger partial charge in [0, 0.05) is 7.05 Å². The minimum Gasteiger partial charge on any atom is -0.497 e. The number of amidine groups is 1. The van der Waals surface area contributed by atoms with Gasteiger partial charge in [-0.15, -0.1) is 0 Å². The number of carboxylic acids is 1. The number of carboxylic acid groups (broad SMARTS) is 1. The zero-order valence-electron chi connectivity index (χ0n) is 14.2. The van der Waals surface area contributed by atoms with Crippen LogP contribution < -0.4 is 4.74 Å². The fraction of sp³-hybridized carbons (Fsp3) is 0.105. The molecule has 0 bridgehead atoms. The van der Waals surface area contributed by atoms with E-state index < -0.39 is 5.97 Å². The number of ether oxygens (including phenoxy) is 1. The third-order valence-corrected chi connectivity index (χ3v) is 4.77. The highest BCUT2D eigenvalue weighted by molar-refractivity contribution is 8.18. The largest absolute Gasteiger partial charge is 0.497 e. The summed E-state index contributed by atoms with van der Waals surface area (Å²) < 4.78 is 5.19. The molecule has 0 aromatic heterocycles. The van der Waals surface area contributed by atoms with Gasteiger partial charge in [0.25, 0.3) is 5.91 Å². The second-order valence-corrected chi connectivity index (χ2v) is 6.51. The van der Waals surface area contributed by atoms with E-state index in [0.29, 0.717) is 21.5 Å².